The molecule has 3 nitrogen and oxygen atoms in total. The highest BCUT2D eigenvalue weighted by atomic mass is 16.5. The number of hydrogen-bond acceptors (Lipinski definition) is 2. The third-order valence-corrected chi connectivity index (χ3v) is 2.75. The summed E-state index contributed by atoms with van der Waals surface area (Å²) in [4.78, 5) is 11.6. The molecule has 0 aliphatic heterocycles. The van der Waals surface area contributed by atoms with Crippen LogP contribution in [0.5, 0.6) is 0 Å². The normalized spacial score (nSPS) is 13.0. The Bertz CT molecular complexity index is 273. The van der Waals surface area contributed by atoms with Crippen molar-refractivity contribution in [1.29, 1.82) is 0 Å². The van der Waals surface area contributed by atoms with Crippen molar-refractivity contribution in [2.75, 3.05) is 34.3 Å². The van der Waals surface area contributed by atoms with Crippen molar-refractivity contribution in [1.82, 2.24) is 0 Å². The molecule has 0 heterocycles. The molecule has 3 heteroatoms. The number of carbonyl (C=O) groups is 1. The molecule has 0 aromatic rings. The predicted octanol–water partition coefficient (Wildman–Crippen LogP) is 3.01. The van der Waals surface area contributed by atoms with Gasteiger partial charge in [0.1, 0.15) is 13.2 Å². The summed E-state index contributed by atoms with van der Waals surface area (Å²) >= 11 is 0. The summed E-state index contributed by atoms with van der Waals surface area (Å²) in [6, 6.07) is 0. The van der Waals surface area contributed by atoms with Crippen molar-refractivity contribution in [3.05, 3.63) is 11.6 Å². The predicted molar refractivity (Wildman–Crippen MR) is 76.3 cm³/mol. The number of hydrogen-bond donors (Lipinski definition) is 0. The van der Waals surface area contributed by atoms with Crippen molar-refractivity contribution in [2.45, 2.75) is 40.0 Å². The van der Waals surface area contributed by atoms with Gasteiger partial charge >= 0.3 is 5.97 Å². The minimum Gasteiger partial charge on any atom is -0.460 e. The first-order valence-electron chi connectivity index (χ1n) is 6.80. The molecule has 0 fully saturated rings. The van der Waals surface area contributed by atoms with Crippen LogP contribution in [0.2, 0.25) is 0 Å². The van der Waals surface area contributed by atoms with E-state index < -0.39 is 0 Å². The first-order chi connectivity index (χ1) is 8.20. The molecule has 0 radical (unpaired) electrons. The van der Waals surface area contributed by atoms with Crippen LogP contribution in [0.15, 0.2) is 11.6 Å². The molecule has 0 aliphatic rings. The SMILES string of the molecule is CC(C)=CCCC(C)CC(=O)OCC[N+](C)(C)C. The Hall–Kier alpha value is -0.830. The Balaban J connectivity index is 3.71. The van der Waals surface area contributed by atoms with Crippen LogP contribution >= 0.6 is 0 Å². The van der Waals surface area contributed by atoms with Gasteiger partial charge in [0.05, 0.1) is 21.1 Å². The van der Waals surface area contributed by atoms with Gasteiger partial charge in [-0.15, -0.1) is 0 Å². The summed E-state index contributed by atoms with van der Waals surface area (Å²) in [7, 11) is 6.28. The van der Waals surface area contributed by atoms with E-state index >= 15 is 0 Å². The Morgan fingerprint density at radius 1 is 1.28 bits per heavy atom. The van der Waals surface area contributed by atoms with E-state index in [1.807, 2.05) is 0 Å². The van der Waals surface area contributed by atoms with Crippen molar-refractivity contribution >= 4 is 5.97 Å². The highest BCUT2D eigenvalue weighted by Gasteiger charge is 2.12. The molecule has 0 rings (SSSR count). The standard InChI is InChI=1S/C15H30NO2/c1-13(2)8-7-9-14(3)12-15(17)18-11-10-16(4,5)6/h8,14H,7,9-12H2,1-6H3/q+1. The van der Waals surface area contributed by atoms with Crippen LogP contribution in [0.25, 0.3) is 0 Å². The number of nitrogens with zero attached hydrogens (tertiary/aromatic N) is 1. The number of quaternary nitrogens is 1. The smallest absolute Gasteiger partial charge is 0.306 e. The highest BCUT2D eigenvalue weighted by molar-refractivity contribution is 5.69. The summed E-state index contributed by atoms with van der Waals surface area (Å²) in [5.41, 5.74) is 1.34. The monoisotopic (exact) mass is 256 g/mol. The van der Waals surface area contributed by atoms with Gasteiger partial charge in [-0.3, -0.25) is 4.79 Å². The van der Waals surface area contributed by atoms with E-state index in [0.29, 0.717) is 18.9 Å². The van der Waals surface area contributed by atoms with Gasteiger partial charge < -0.3 is 9.22 Å². The van der Waals surface area contributed by atoms with E-state index in [2.05, 4.69) is 48.0 Å². The molecule has 0 aliphatic carbocycles. The molecule has 1 atom stereocenters. The molecule has 0 aromatic heterocycles. The lowest BCUT2D eigenvalue weighted by Crippen LogP contribution is -2.38. The molecule has 0 N–H and O–H groups in total. The second kappa shape index (κ2) is 8.30. The van der Waals surface area contributed by atoms with Crippen molar-refractivity contribution in [3.8, 4) is 0 Å². The van der Waals surface area contributed by atoms with Crippen LogP contribution in [0, 0.1) is 5.92 Å². The Kier molecular flexibility index (Phi) is 7.92. The summed E-state index contributed by atoms with van der Waals surface area (Å²) in [5.74, 6) is 0.338. The van der Waals surface area contributed by atoms with Crippen LogP contribution in [0.4, 0.5) is 0 Å². The van der Waals surface area contributed by atoms with Gasteiger partial charge in [-0.2, -0.15) is 0 Å². The largest absolute Gasteiger partial charge is 0.460 e. The summed E-state index contributed by atoms with van der Waals surface area (Å²) in [6.45, 7) is 7.69. The maximum atomic E-state index is 11.6. The maximum absolute atomic E-state index is 11.6. The zero-order valence-corrected chi connectivity index (χ0v) is 13.0. The fourth-order valence-electron chi connectivity index (χ4n) is 1.54. The van der Waals surface area contributed by atoms with Gasteiger partial charge in [-0.05, 0) is 32.6 Å². The van der Waals surface area contributed by atoms with Crippen LogP contribution in [0.3, 0.4) is 0 Å². The Labute approximate surface area is 112 Å². The molecule has 106 valence electrons. The van der Waals surface area contributed by atoms with Crippen LogP contribution < -0.4 is 0 Å². The zero-order valence-electron chi connectivity index (χ0n) is 13.0. The number of ether oxygens (including phenoxy) is 1. The van der Waals surface area contributed by atoms with E-state index in [1.165, 1.54) is 5.57 Å². The van der Waals surface area contributed by atoms with E-state index in [-0.39, 0.29) is 5.97 Å². The van der Waals surface area contributed by atoms with Crippen molar-refractivity contribution in [2.24, 2.45) is 5.92 Å². The van der Waals surface area contributed by atoms with E-state index in [4.69, 9.17) is 4.74 Å². The van der Waals surface area contributed by atoms with Gasteiger partial charge in [-0.25, -0.2) is 0 Å². The second-order valence-corrected chi connectivity index (χ2v) is 6.40. The molecular weight excluding hydrogens is 226 g/mol. The third-order valence-electron chi connectivity index (χ3n) is 2.75. The molecule has 0 saturated heterocycles. The fraction of sp³-hybridized carbons (Fsp3) is 0.800. The van der Waals surface area contributed by atoms with Gasteiger partial charge in [0.25, 0.3) is 0 Å². The van der Waals surface area contributed by atoms with Gasteiger partial charge in [0.15, 0.2) is 0 Å². The average Bonchev–Trinajstić information content (AvgIpc) is 2.14. The summed E-state index contributed by atoms with van der Waals surface area (Å²) < 4.78 is 6.07. The number of allylic oxidation sites excluding steroid dienone is 2. The van der Waals surface area contributed by atoms with Gasteiger partial charge in [0, 0.05) is 6.42 Å². The molecule has 0 saturated carbocycles. The number of rotatable bonds is 8. The van der Waals surface area contributed by atoms with E-state index in [9.17, 15) is 4.79 Å². The van der Waals surface area contributed by atoms with Crippen molar-refractivity contribution < 1.29 is 14.0 Å². The Morgan fingerprint density at radius 2 is 1.89 bits per heavy atom. The molecule has 18 heavy (non-hydrogen) atoms. The second-order valence-electron chi connectivity index (χ2n) is 6.40. The quantitative estimate of drug-likeness (QED) is 0.379. The average molecular weight is 256 g/mol. The van der Waals surface area contributed by atoms with Gasteiger partial charge in [-0.1, -0.05) is 18.6 Å². The topological polar surface area (TPSA) is 26.3 Å². The lowest BCUT2D eigenvalue weighted by Gasteiger charge is -2.23. The lowest BCUT2D eigenvalue weighted by molar-refractivity contribution is -0.870. The zero-order chi connectivity index (χ0) is 14.2. The van der Waals surface area contributed by atoms with Crippen LogP contribution in [0.1, 0.15) is 40.0 Å². The number of carbonyl (C=O) groups excluding carboxylic acids is 1. The summed E-state index contributed by atoms with van der Waals surface area (Å²) in [5, 5.41) is 0. The first kappa shape index (κ1) is 17.2. The molecule has 0 aromatic carbocycles. The Morgan fingerprint density at radius 3 is 2.39 bits per heavy atom. The van der Waals surface area contributed by atoms with E-state index in [1.54, 1.807) is 0 Å². The fourth-order valence-corrected chi connectivity index (χ4v) is 1.54. The molecule has 0 bridgehead atoms. The summed E-state index contributed by atoms with van der Waals surface area (Å²) in [6.07, 6.45) is 4.86. The van der Waals surface area contributed by atoms with Crippen LogP contribution in [-0.4, -0.2) is 44.7 Å². The molecule has 0 spiro atoms. The highest BCUT2D eigenvalue weighted by Crippen LogP contribution is 2.12. The minimum absolute atomic E-state index is 0.0619. The maximum Gasteiger partial charge on any atom is 0.306 e. The molecular formula is C15H30NO2+. The molecule has 0 amide bonds. The number of esters is 1. The van der Waals surface area contributed by atoms with Crippen LogP contribution in [-0.2, 0) is 9.53 Å². The molecule has 1 unspecified atom stereocenters. The third kappa shape index (κ3) is 11.6. The first-order valence-corrected chi connectivity index (χ1v) is 6.80. The number of likely N-dealkylation sites (N-methyl/N-ethyl adjacent to an activating group) is 1. The lowest BCUT2D eigenvalue weighted by atomic mass is 10.0. The van der Waals surface area contributed by atoms with Crippen molar-refractivity contribution in [3.63, 3.8) is 0 Å². The minimum atomic E-state index is -0.0619. The van der Waals surface area contributed by atoms with Gasteiger partial charge in [0.2, 0.25) is 0 Å². The van der Waals surface area contributed by atoms with E-state index in [0.717, 1.165) is 23.9 Å².